The Labute approximate surface area is 187 Å². The second-order valence-electron chi connectivity index (χ2n) is 6.96. The SMILES string of the molecule is COc1ccccc1N(CC(=O)Nc1cccc(Cl)c1C)S(=O)(=O)c1ccc(C)cc1. The van der Waals surface area contributed by atoms with E-state index in [9.17, 15) is 13.2 Å². The number of benzene rings is 3. The molecule has 0 unspecified atom stereocenters. The van der Waals surface area contributed by atoms with E-state index in [1.54, 1.807) is 61.5 Å². The quantitative estimate of drug-likeness (QED) is 0.551. The Kier molecular flexibility index (Phi) is 6.87. The molecule has 0 bridgehead atoms. The van der Waals surface area contributed by atoms with E-state index in [0.29, 0.717) is 22.0 Å². The first kappa shape index (κ1) is 22.7. The fourth-order valence-corrected chi connectivity index (χ4v) is 4.64. The Morgan fingerprint density at radius 2 is 1.68 bits per heavy atom. The number of methoxy groups -OCH3 is 1. The lowest BCUT2D eigenvalue weighted by atomic mass is 10.2. The summed E-state index contributed by atoms with van der Waals surface area (Å²) < 4.78 is 33.4. The van der Waals surface area contributed by atoms with Crippen molar-refractivity contribution in [1.82, 2.24) is 0 Å². The second-order valence-corrected chi connectivity index (χ2v) is 9.23. The van der Waals surface area contributed by atoms with Gasteiger partial charge in [0.1, 0.15) is 12.3 Å². The third-order valence-electron chi connectivity index (χ3n) is 4.79. The minimum Gasteiger partial charge on any atom is -0.495 e. The molecule has 3 rings (SSSR count). The molecule has 0 spiro atoms. The van der Waals surface area contributed by atoms with Crippen LogP contribution < -0.4 is 14.4 Å². The number of ether oxygens (including phenoxy) is 1. The zero-order chi connectivity index (χ0) is 22.6. The van der Waals surface area contributed by atoms with Crippen LogP contribution >= 0.6 is 11.6 Å². The molecular weight excluding hydrogens is 436 g/mol. The summed E-state index contributed by atoms with van der Waals surface area (Å²) in [7, 11) is -2.59. The summed E-state index contributed by atoms with van der Waals surface area (Å²) >= 11 is 6.13. The molecule has 6 nitrogen and oxygen atoms in total. The number of hydrogen-bond donors (Lipinski definition) is 1. The van der Waals surface area contributed by atoms with Gasteiger partial charge in [-0.25, -0.2) is 8.42 Å². The first-order chi connectivity index (χ1) is 14.7. The van der Waals surface area contributed by atoms with Gasteiger partial charge in [0.2, 0.25) is 5.91 Å². The van der Waals surface area contributed by atoms with Gasteiger partial charge in [0.15, 0.2) is 0 Å². The van der Waals surface area contributed by atoms with E-state index in [4.69, 9.17) is 16.3 Å². The molecule has 1 N–H and O–H groups in total. The van der Waals surface area contributed by atoms with Crippen molar-refractivity contribution in [1.29, 1.82) is 0 Å². The van der Waals surface area contributed by atoms with Crippen LogP contribution in [0.5, 0.6) is 5.75 Å². The summed E-state index contributed by atoms with van der Waals surface area (Å²) in [5.74, 6) is -0.170. The number of carbonyl (C=O) groups is 1. The standard InChI is InChI=1S/C23H23ClN2O4S/c1-16-11-13-18(14-12-16)31(28,29)26(21-9-4-5-10-22(21)30-3)15-23(27)25-20-8-6-7-19(24)17(20)2/h4-14H,15H2,1-3H3,(H,25,27). The molecule has 0 atom stereocenters. The molecule has 31 heavy (non-hydrogen) atoms. The molecule has 3 aromatic rings. The van der Waals surface area contributed by atoms with Gasteiger partial charge >= 0.3 is 0 Å². The lowest BCUT2D eigenvalue weighted by molar-refractivity contribution is -0.114. The normalized spacial score (nSPS) is 11.1. The molecule has 0 aromatic heterocycles. The Morgan fingerprint density at radius 1 is 1.00 bits per heavy atom. The number of halogens is 1. The first-order valence-electron chi connectivity index (χ1n) is 9.51. The van der Waals surface area contributed by atoms with Crippen molar-refractivity contribution in [3.05, 3.63) is 82.9 Å². The number of sulfonamides is 1. The number of amides is 1. The lowest BCUT2D eigenvalue weighted by Crippen LogP contribution is -2.38. The van der Waals surface area contributed by atoms with Crippen molar-refractivity contribution in [2.24, 2.45) is 0 Å². The van der Waals surface area contributed by atoms with Crippen molar-refractivity contribution >= 4 is 38.9 Å². The average Bonchev–Trinajstić information content (AvgIpc) is 2.75. The highest BCUT2D eigenvalue weighted by Gasteiger charge is 2.29. The fraction of sp³-hybridized carbons (Fsp3) is 0.174. The molecule has 0 aliphatic heterocycles. The highest BCUT2D eigenvalue weighted by atomic mass is 35.5. The van der Waals surface area contributed by atoms with Crippen molar-refractivity contribution in [2.75, 3.05) is 23.3 Å². The smallest absolute Gasteiger partial charge is 0.264 e. The molecular formula is C23H23ClN2O4S. The summed E-state index contributed by atoms with van der Waals surface area (Å²) in [5, 5.41) is 3.26. The van der Waals surface area contributed by atoms with Gasteiger partial charge in [-0.1, -0.05) is 47.5 Å². The summed E-state index contributed by atoms with van der Waals surface area (Å²) in [4.78, 5) is 13.0. The molecule has 0 aliphatic carbocycles. The number of hydrogen-bond acceptors (Lipinski definition) is 4. The summed E-state index contributed by atoms with van der Waals surface area (Å²) in [6, 6.07) is 18.3. The molecule has 0 saturated heterocycles. The Hall–Kier alpha value is -3.03. The summed E-state index contributed by atoms with van der Waals surface area (Å²) in [6.45, 7) is 3.21. The van der Waals surface area contributed by atoms with Crippen LogP contribution in [0.3, 0.4) is 0 Å². The number of nitrogens with one attached hydrogen (secondary N) is 1. The van der Waals surface area contributed by atoms with E-state index in [1.807, 2.05) is 6.92 Å². The molecule has 0 radical (unpaired) electrons. The van der Waals surface area contributed by atoms with Gasteiger partial charge < -0.3 is 10.1 Å². The average molecular weight is 459 g/mol. The van der Waals surface area contributed by atoms with Crippen LogP contribution in [0.15, 0.2) is 71.6 Å². The molecule has 0 saturated carbocycles. The molecule has 0 heterocycles. The fourth-order valence-electron chi connectivity index (χ4n) is 3.04. The molecule has 8 heteroatoms. The van der Waals surface area contributed by atoms with Crippen LogP contribution in [-0.2, 0) is 14.8 Å². The zero-order valence-corrected chi connectivity index (χ0v) is 19.0. The van der Waals surface area contributed by atoms with Crippen molar-refractivity contribution in [3.63, 3.8) is 0 Å². The van der Waals surface area contributed by atoms with Crippen LogP contribution in [0.25, 0.3) is 0 Å². The maximum absolute atomic E-state index is 13.5. The second kappa shape index (κ2) is 9.41. The zero-order valence-electron chi connectivity index (χ0n) is 17.4. The minimum absolute atomic E-state index is 0.0794. The highest BCUT2D eigenvalue weighted by molar-refractivity contribution is 7.92. The van der Waals surface area contributed by atoms with Gasteiger partial charge in [0, 0.05) is 10.7 Å². The lowest BCUT2D eigenvalue weighted by Gasteiger charge is -2.25. The van der Waals surface area contributed by atoms with Gasteiger partial charge in [-0.05, 0) is 55.8 Å². The summed E-state index contributed by atoms with van der Waals surface area (Å²) in [6.07, 6.45) is 0. The van der Waals surface area contributed by atoms with Crippen molar-refractivity contribution < 1.29 is 17.9 Å². The van der Waals surface area contributed by atoms with E-state index < -0.39 is 22.5 Å². The van der Waals surface area contributed by atoms with Crippen molar-refractivity contribution in [2.45, 2.75) is 18.7 Å². The van der Waals surface area contributed by atoms with Crippen LogP contribution in [-0.4, -0.2) is 28.0 Å². The molecule has 1 amide bonds. The summed E-state index contributed by atoms with van der Waals surface area (Å²) in [5.41, 5.74) is 2.41. The number of carbonyl (C=O) groups excluding carboxylic acids is 1. The Bertz CT molecular complexity index is 1190. The van der Waals surface area contributed by atoms with Crippen molar-refractivity contribution in [3.8, 4) is 5.75 Å². The monoisotopic (exact) mass is 458 g/mol. The number of anilines is 2. The first-order valence-corrected chi connectivity index (χ1v) is 11.3. The Balaban J connectivity index is 2.01. The Morgan fingerprint density at radius 3 is 2.35 bits per heavy atom. The van der Waals surface area contributed by atoms with Crippen LogP contribution in [0, 0.1) is 13.8 Å². The maximum atomic E-state index is 13.5. The number of nitrogens with zero attached hydrogens (tertiary/aromatic N) is 1. The largest absolute Gasteiger partial charge is 0.495 e. The van der Waals surface area contributed by atoms with Gasteiger partial charge in [0.05, 0.1) is 17.7 Å². The number of para-hydroxylation sites is 2. The van der Waals surface area contributed by atoms with E-state index in [1.165, 1.54) is 19.2 Å². The number of rotatable bonds is 7. The number of aryl methyl sites for hydroxylation is 1. The third kappa shape index (κ3) is 5.00. The predicted molar refractivity (Wildman–Crippen MR) is 124 cm³/mol. The van der Waals surface area contributed by atoms with Crippen LogP contribution in [0.2, 0.25) is 5.02 Å². The van der Waals surface area contributed by atoms with E-state index in [2.05, 4.69) is 5.32 Å². The molecule has 0 fully saturated rings. The van der Waals surface area contributed by atoms with E-state index >= 15 is 0 Å². The van der Waals surface area contributed by atoms with Gasteiger partial charge in [-0.15, -0.1) is 0 Å². The van der Waals surface area contributed by atoms with E-state index in [-0.39, 0.29) is 10.6 Å². The van der Waals surface area contributed by atoms with Gasteiger partial charge in [-0.3, -0.25) is 9.10 Å². The van der Waals surface area contributed by atoms with Crippen LogP contribution in [0.4, 0.5) is 11.4 Å². The predicted octanol–water partition coefficient (Wildman–Crippen LogP) is 4.80. The molecule has 162 valence electrons. The maximum Gasteiger partial charge on any atom is 0.264 e. The molecule has 3 aromatic carbocycles. The van der Waals surface area contributed by atoms with Gasteiger partial charge in [0.25, 0.3) is 10.0 Å². The minimum atomic E-state index is -4.04. The third-order valence-corrected chi connectivity index (χ3v) is 6.98. The molecule has 0 aliphatic rings. The highest BCUT2D eigenvalue weighted by Crippen LogP contribution is 2.32. The van der Waals surface area contributed by atoms with Crippen LogP contribution in [0.1, 0.15) is 11.1 Å². The topological polar surface area (TPSA) is 75.7 Å². The van der Waals surface area contributed by atoms with Gasteiger partial charge in [-0.2, -0.15) is 0 Å². The van der Waals surface area contributed by atoms with E-state index in [0.717, 1.165) is 9.87 Å².